The quantitative estimate of drug-likeness (QED) is 0.610. The Morgan fingerprint density at radius 1 is 1.27 bits per heavy atom. The predicted molar refractivity (Wildman–Crippen MR) is 82.9 cm³/mol. The van der Waals surface area contributed by atoms with E-state index >= 15 is 0 Å². The fourth-order valence-corrected chi connectivity index (χ4v) is 2.71. The summed E-state index contributed by atoms with van der Waals surface area (Å²) in [4.78, 5) is 35.7. The summed E-state index contributed by atoms with van der Waals surface area (Å²) >= 11 is 4.32. The number of ketones is 1. The van der Waals surface area contributed by atoms with Gasteiger partial charge in [0.05, 0.1) is 11.4 Å². The molecule has 0 unspecified atom stereocenters. The van der Waals surface area contributed by atoms with Gasteiger partial charge in [-0.2, -0.15) is 0 Å². The molecule has 0 aromatic carbocycles. The monoisotopic (exact) mass is 385 g/mol. The van der Waals surface area contributed by atoms with Gasteiger partial charge in [-0.1, -0.05) is 0 Å². The number of rotatable bonds is 6. The van der Waals surface area contributed by atoms with Crippen molar-refractivity contribution in [3.63, 3.8) is 0 Å². The molecule has 2 aromatic rings. The third-order valence-corrected chi connectivity index (χ3v) is 4.11. The second-order valence-corrected chi connectivity index (χ2v) is 6.23. The average Bonchev–Trinajstić information content (AvgIpc) is 3.11. The van der Waals surface area contributed by atoms with Gasteiger partial charge in [0.2, 0.25) is 17.5 Å². The second kappa shape index (κ2) is 7.37. The minimum absolute atomic E-state index is 0.0252. The highest BCUT2D eigenvalue weighted by atomic mass is 79.9. The van der Waals surface area contributed by atoms with E-state index in [-0.39, 0.29) is 24.1 Å². The van der Waals surface area contributed by atoms with Crippen molar-refractivity contribution in [2.24, 2.45) is 0 Å². The molecule has 0 spiro atoms. The summed E-state index contributed by atoms with van der Waals surface area (Å²) < 4.78 is 10.3. The van der Waals surface area contributed by atoms with E-state index in [0.717, 1.165) is 4.88 Å². The van der Waals surface area contributed by atoms with Gasteiger partial charge in [-0.05, 0) is 40.2 Å². The number of furan rings is 1. The van der Waals surface area contributed by atoms with Crippen molar-refractivity contribution in [3.8, 4) is 0 Å². The average molecular weight is 386 g/mol. The number of carbonyl (C=O) groups excluding carboxylic acids is 3. The van der Waals surface area contributed by atoms with Crippen LogP contribution in [0, 0.1) is 0 Å². The lowest BCUT2D eigenvalue weighted by Gasteiger charge is -2.01. The van der Waals surface area contributed by atoms with Crippen molar-refractivity contribution < 1.29 is 23.5 Å². The molecule has 0 saturated heterocycles. The third kappa shape index (κ3) is 4.54. The Kier molecular flexibility index (Phi) is 5.51. The normalized spacial score (nSPS) is 10.3. The molecule has 0 fully saturated rings. The Morgan fingerprint density at radius 3 is 2.68 bits per heavy atom. The van der Waals surface area contributed by atoms with Gasteiger partial charge in [-0.25, -0.2) is 4.79 Å². The molecule has 0 aliphatic rings. The molecule has 6 nitrogen and oxygen atoms in total. The smallest absolute Gasteiger partial charge is 0.374 e. The maximum atomic E-state index is 11.9. The van der Waals surface area contributed by atoms with Gasteiger partial charge in [0.1, 0.15) is 0 Å². The molecule has 0 aliphatic heterocycles. The highest BCUT2D eigenvalue weighted by Crippen LogP contribution is 2.18. The van der Waals surface area contributed by atoms with Crippen molar-refractivity contribution in [1.29, 1.82) is 0 Å². The highest BCUT2D eigenvalue weighted by molar-refractivity contribution is 9.10. The first kappa shape index (κ1) is 16.4. The van der Waals surface area contributed by atoms with Crippen LogP contribution in [0.5, 0.6) is 0 Å². The van der Waals surface area contributed by atoms with Gasteiger partial charge >= 0.3 is 5.97 Å². The van der Waals surface area contributed by atoms with Crippen molar-refractivity contribution in [1.82, 2.24) is 5.32 Å². The van der Waals surface area contributed by atoms with Crippen molar-refractivity contribution in [2.45, 2.75) is 13.5 Å². The lowest BCUT2D eigenvalue weighted by atomic mass is 10.3. The van der Waals surface area contributed by atoms with E-state index in [9.17, 15) is 14.4 Å². The summed E-state index contributed by atoms with van der Waals surface area (Å²) in [5, 5.41) is 2.65. The van der Waals surface area contributed by atoms with E-state index in [0.29, 0.717) is 16.1 Å². The van der Waals surface area contributed by atoms with E-state index in [1.165, 1.54) is 24.3 Å². The Bertz CT molecular complexity index is 706. The Balaban J connectivity index is 1.87. The lowest BCUT2D eigenvalue weighted by Crippen LogP contribution is -2.18. The Morgan fingerprint density at radius 2 is 2.05 bits per heavy atom. The van der Waals surface area contributed by atoms with Crippen LogP contribution in [0.25, 0.3) is 0 Å². The number of ether oxygens (including phenoxy) is 1. The number of carbonyl (C=O) groups is 3. The molecule has 0 radical (unpaired) electrons. The van der Waals surface area contributed by atoms with Gasteiger partial charge in [0.15, 0.2) is 11.3 Å². The minimum Gasteiger partial charge on any atom is -0.451 e. The van der Waals surface area contributed by atoms with Crippen LogP contribution in [0.1, 0.15) is 32.0 Å². The van der Waals surface area contributed by atoms with Gasteiger partial charge in [0, 0.05) is 11.8 Å². The molecule has 0 bridgehead atoms. The van der Waals surface area contributed by atoms with Crippen molar-refractivity contribution in [2.75, 3.05) is 6.61 Å². The summed E-state index contributed by atoms with van der Waals surface area (Å²) in [6.07, 6.45) is 0. The summed E-state index contributed by atoms with van der Waals surface area (Å²) in [7, 11) is 0. The number of thiophene rings is 1. The van der Waals surface area contributed by atoms with Crippen LogP contribution in [-0.4, -0.2) is 24.3 Å². The topological polar surface area (TPSA) is 85.6 Å². The number of nitrogens with one attached hydrogen (secondary N) is 1. The summed E-state index contributed by atoms with van der Waals surface area (Å²) in [5.74, 6) is -1.12. The maximum absolute atomic E-state index is 11.9. The SMILES string of the molecule is CC(=O)NCc1ccc(C(=O)COC(=O)c2ccc(Br)o2)s1. The number of Topliss-reactive ketones (excluding diaryl/α,β-unsaturated/α-hetero) is 1. The van der Waals surface area contributed by atoms with Crippen LogP contribution < -0.4 is 5.32 Å². The van der Waals surface area contributed by atoms with E-state index < -0.39 is 5.97 Å². The molecule has 0 atom stereocenters. The largest absolute Gasteiger partial charge is 0.451 e. The molecular weight excluding hydrogens is 374 g/mol. The van der Waals surface area contributed by atoms with Crippen LogP contribution >= 0.6 is 27.3 Å². The number of esters is 1. The Hall–Kier alpha value is -1.93. The van der Waals surface area contributed by atoms with Gasteiger partial charge in [0.25, 0.3) is 0 Å². The van der Waals surface area contributed by atoms with Gasteiger partial charge < -0.3 is 14.5 Å². The first-order valence-corrected chi connectivity index (χ1v) is 7.85. The zero-order valence-electron chi connectivity index (χ0n) is 11.6. The molecule has 1 N–H and O–H groups in total. The molecule has 0 saturated carbocycles. The van der Waals surface area contributed by atoms with Crippen molar-refractivity contribution >= 4 is 44.9 Å². The van der Waals surface area contributed by atoms with E-state index in [1.54, 1.807) is 18.2 Å². The lowest BCUT2D eigenvalue weighted by molar-refractivity contribution is -0.119. The van der Waals surface area contributed by atoms with Crippen LogP contribution in [0.3, 0.4) is 0 Å². The number of hydrogen-bond acceptors (Lipinski definition) is 6. The third-order valence-electron chi connectivity index (χ3n) is 2.56. The molecule has 0 aliphatic carbocycles. The number of hydrogen-bond donors (Lipinski definition) is 1. The van der Waals surface area contributed by atoms with Crippen molar-refractivity contribution in [3.05, 3.63) is 44.4 Å². The summed E-state index contributed by atoms with van der Waals surface area (Å²) in [5.41, 5.74) is 0. The standard InChI is InChI=1S/C14H12BrNO5S/c1-8(17)16-6-9-2-4-12(22-9)10(18)7-20-14(19)11-3-5-13(15)21-11/h2-5H,6-7H2,1H3,(H,16,17). The van der Waals surface area contributed by atoms with Crippen LogP contribution in [0.4, 0.5) is 0 Å². The van der Waals surface area contributed by atoms with Crippen LogP contribution in [0.15, 0.2) is 33.4 Å². The van der Waals surface area contributed by atoms with E-state index in [4.69, 9.17) is 9.15 Å². The van der Waals surface area contributed by atoms with Gasteiger partial charge in [-0.3, -0.25) is 9.59 Å². The first-order valence-electron chi connectivity index (χ1n) is 6.24. The van der Waals surface area contributed by atoms with E-state index in [1.807, 2.05) is 0 Å². The minimum atomic E-state index is -0.700. The van der Waals surface area contributed by atoms with E-state index in [2.05, 4.69) is 21.2 Å². The maximum Gasteiger partial charge on any atom is 0.374 e. The fraction of sp³-hybridized carbons (Fsp3) is 0.214. The van der Waals surface area contributed by atoms with Gasteiger partial charge in [-0.15, -0.1) is 11.3 Å². The zero-order chi connectivity index (χ0) is 16.1. The van der Waals surface area contributed by atoms with Crippen LogP contribution in [-0.2, 0) is 16.1 Å². The number of amides is 1. The molecule has 2 aromatic heterocycles. The zero-order valence-corrected chi connectivity index (χ0v) is 14.0. The molecule has 1 amide bonds. The fourth-order valence-electron chi connectivity index (χ4n) is 1.53. The molecule has 8 heteroatoms. The molecule has 22 heavy (non-hydrogen) atoms. The molecular formula is C14H12BrNO5S. The molecule has 116 valence electrons. The summed E-state index contributed by atoms with van der Waals surface area (Å²) in [6.45, 7) is 1.43. The predicted octanol–water partition coefficient (Wildman–Crippen LogP) is 2.78. The number of halogens is 1. The second-order valence-electron chi connectivity index (χ2n) is 4.28. The van der Waals surface area contributed by atoms with Crippen LogP contribution in [0.2, 0.25) is 0 Å². The summed E-state index contributed by atoms with van der Waals surface area (Å²) in [6, 6.07) is 6.40. The Labute approximate surface area is 138 Å². The highest BCUT2D eigenvalue weighted by Gasteiger charge is 2.16. The molecule has 2 rings (SSSR count). The molecule has 2 heterocycles. The first-order chi connectivity index (χ1) is 10.5.